The van der Waals surface area contributed by atoms with Crippen molar-refractivity contribution in [2.75, 3.05) is 53.0 Å². The van der Waals surface area contributed by atoms with Crippen LogP contribution in [0.5, 0.6) is 0 Å². The summed E-state index contributed by atoms with van der Waals surface area (Å²) < 4.78 is 4.98. The van der Waals surface area contributed by atoms with Gasteiger partial charge in [0.1, 0.15) is 0 Å². The van der Waals surface area contributed by atoms with Gasteiger partial charge in [-0.2, -0.15) is 0 Å². The highest BCUT2D eigenvalue weighted by Crippen LogP contribution is 1.99. The van der Waals surface area contributed by atoms with Crippen molar-refractivity contribution in [3.8, 4) is 0 Å². The summed E-state index contributed by atoms with van der Waals surface area (Å²) in [7, 11) is 1.74. The van der Waals surface area contributed by atoms with Crippen molar-refractivity contribution in [2.24, 2.45) is 0 Å². The van der Waals surface area contributed by atoms with E-state index in [-0.39, 0.29) is 0 Å². The zero-order chi connectivity index (χ0) is 10.2. The van der Waals surface area contributed by atoms with Gasteiger partial charge >= 0.3 is 0 Å². The summed E-state index contributed by atoms with van der Waals surface area (Å²) >= 11 is 0. The third-order valence-electron chi connectivity index (χ3n) is 2.70. The third-order valence-corrected chi connectivity index (χ3v) is 2.70. The number of hydrogen-bond donors (Lipinski definition) is 2. The van der Waals surface area contributed by atoms with E-state index in [1.54, 1.807) is 7.11 Å². The van der Waals surface area contributed by atoms with E-state index >= 15 is 0 Å². The molecule has 0 aliphatic carbocycles. The molecule has 0 bridgehead atoms. The van der Waals surface area contributed by atoms with Crippen molar-refractivity contribution >= 4 is 0 Å². The van der Waals surface area contributed by atoms with Crippen molar-refractivity contribution in [1.82, 2.24) is 15.5 Å². The fraction of sp³-hybridized carbons (Fsp3) is 1.00. The Kier molecular flexibility index (Phi) is 6.10. The second-order valence-corrected chi connectivity index (χ2v) is 3.83. The lowest BCUT2D eigenvalue weighted by Gasteiger charge is -2.32. The first-order valence-corrected chi connectivity index (χ1v) is 5.49. The van der Waals surface area contributed by atoms with Crippen molar-refractivity contribution in [3.05, 3.63) is 0 Å². The van der Waals surface area contributed by atoms with Gasteiger partial charge in [-0.15, -0.1) is 0 Å². The second-order valence-electron chi connectivity index (χ2n) is 3.83. The van der Waals surface area contributed by atoms with Crippen LogP contribution in [0.1, 0.15) is 6.92 Å². The summed E-state index contributed by atoms with van der Waals surface area (Å²) in [6.07, 6.45) is 0. The zero-order valence-corrected chi connectivity index (χ0v) is 9.38. The first-order valence-electron chi connectivity index (χ1n) is 5.49. The molecular weight excluding hydrogens is 178 g/mol. The van der Waals surface area contributed by atoms with Gasteiger partial charge < -0.3 is 15.4 Å². The van der Waals surface area contributed by atoms with E-state index in [4.69, 9.17) is 4.74 Å². The molecule has 0 amide bonds. The first-order chi connectivity index (χ1) is 6.84. The molecule has 1 aliphatic rings. The predicted molar refractivity (Wildman–Crippen MR) is 58.7 cm³/mol. The van der Waals surface area contributed by atoms with Gasteiger partial charge in [-0.25, -0.2) is 0 Å². The molecule has 0 radical (unpaired) electrons. The molecule has 0 saturated carbocycles. The Morgan fingerprint density at radius 1 is 1.43 bits per heavy atom. The van der Waals surface area contributed by atoms with Crippen LogP contribution in [0.4, 0.5) is 0 Å². The number of rotatable bonds is 6. The van der Waals surface area contributed by atoms with Crippen LogP contribution in [0.3, 0.4) is 0 Å². The summed E-state index contributed by atoms with van der Waals surface area (Å²) in [6.45, 7) is 9.70. The molecule has 1 unspecified atom stereocenters. The van der Waals surface area contributed by atoms with Crippen LogP contribution in [0, 0.1) is 0 Å². The Balaban J connectivity index is 2.04. The highest BCUT2D eigenvalue weighted by atomic mass is 16.5. The van der Waals surface area contributed by atoms with E-state index in [9.17, 15) is 0 Å². The fourth-order valence-electron chi connectivity index (χ4n) is 1.74. The fourth-order valence-corrected chi connectivity index (χ4v) is 1.74. The molecular formula is C10H23N3O. The highest BCUT2D eigenvalue weighted by Gasteiger charge is 2.15. The molecule has 0 aromatic rings. The minimum Gasteiger partial charge on any atom is -0.383 e. The predicted octanol–water partition coefficient (Wildman–Crippen LogP) is -0.484. The maximum atomic E-state index is 4.98. The zero-order valence-electron chi connectivity index (χ0n) is 9.38. The van der Waals surface area contributed by atoms with Gasteiger partial charge in [-0.1, -0.05) is 0 Å². The van der Waals surface area contributed by atoms with E-state index < -0.39 is 0 Å². The van der Waals surface area contributed by atoms with Crippen LogP contribution >= 0.6 is 0 Å². The molecule has 1 heterocycles. The van der Waals surface area contributed by atoms with Crippen LogP contribution in [-0.2, 0) is 4.74 Å². The van der Waals surface area contributed by atoms with E-state index in [1.807, 2.05) is 0 Å². The average Bonchev–Trinajstić information content (AvgIpc) is 2.25. The molecule has 2 N–H and O–H groups in total. The van der Waals surface area contributed by atoms with E-state index in [2.05, 4.69) is 22.5 Å². The lowest BCUT2D eigenvalue weighted by atomic mass is 10.2. The average molecular weight is 201 g/mol. The minimum absolute atomic E-state index is 0.633. The van der Waals surface area contributed by atoms with Crippen LogP contribution < -0.4 is 10.6 Å². The number of methoxy groups -OCH3 is 1. The molecule has 84 valence electrons. The van der Waals surface area contributed by atoms with Gasteiger partial charge in [0.2, 0.25) is 0 Å². The van der Waals surface area contributed by atoms with Gasteiger partial charge in [0.05, 0.1) is 6.61 Å². The topological polar surface area (TPSA) is 36.5 Å². The van der Waals surface area contributed by atoms with Gasteiger partial charge in [0.15, 0.2) is 0 Å². The number of nitrogens with one attached hydrogen (secondary N) is 2. The summed E-state index contributed by atoms with van der Waals surface area (Å²) in [4.78, 5) is 2.52. The molecule has 1 atom stereocenters. The van der Waals surface area contributed by atoms with Crippen LogP contribution in [0.15, 0.2) is 0 Å². The maximum absolute atomic E-state index is 4.98. The smallest absolute Gasteiger partial charge is 0.0587 e. The van der Waals surface area contributed by atoms with Crippen molar-refractivity contribution in [1.29, 1.82) is 0 Å². The standard InChI is InChI=1S/C10H23N3O/c1-10(9-12-5-8-14-2)13-6-3-11-4-7-13/h10-12H,3-9H2,1-2H3. The van der Waals surface area contributed by atoms with Crippen LogP contribution in [-0.4, -0.2) is 63.9 Å². The minimum atomic E-state index is 0.633. The van der Waals surface area contributed by atoms with Gasteiger partial charge in [-0.3, -0.25) is 4.90 Å². The summed E-state index contributed by atoms with van der Waals surface area (Å²) in [6, 6.07) is 0.633. The van der Waals surface area contributed by atoms with E-state index in [0.717, 1.165) is 32.8 Å². The van der Waals surface area contributed by atoms with Crippen molar-refractivity contribution in [3.63, 3.8) is 0 Å². The molecule has 1 aliphatic heterocycles. The summed E-state index contributed by atoms with van der Waals surface area (Å²) in [5.41, 5.74) is 0. The van der Waals surface area contributed by atoms with E-state index in [1.165, 1.54) is 13.1 Å². The molecule has 4 nitrogen and oxygen atoms in total. The van der Waals surface area contributed by atoms with Crippen LogP contribution in [0.2, 0.25) is 0 Å². The summed E-state index contributed by atoms with van der Waals surface area (Å²) in [5.74, 6) is 0. The Hall–Kier alpha value is -0.160. The first kappa shape index (κ1) is 11.9. The van der Waals surface area contributed by atoms with Gasteiger partial charge in [0.25, 0.3) is 0 Å². The lowest BCUT2D eigenvalue weighted by Crippen LogP contribution is -2.50. The monoisotopic (exact) mass is 201 g/mol. The molecule has 14 heavy (non-hydrogen) atoms. The normalized spacial score (nSPS) is 21.0. The SMILES string of the molecule is COCCNCC(C)N1CCNCC1. The lowest BCUT2D eigenvalue weighted by molar-refractivity contribution is 0.170. The maximum Gasteiger partial charge on any atom is 0.0587 e. The van der Waals surface area contributed by atoms with Gasteiger partial charge in [0, 0.05) is 52.4 Å². The Labute approximate surface area is 87.0 Å². The molecule has 1 rings (SSSR count). The number of hydrogen-bond acceptors (Lipinski definition) is 4. The Morgan fingerprint density at radius 2 is 2.14 bits per heavy atom. The molecule has 1 saturated heterocycles. The Morgan fingerprint density at radius 3 is 2.79 bits per heavy atom. The largest absolute Gasteiger partial charge is 0.383 e. The molecule has 1 fully saturated rings. The molecule has 0 aromatic carbocycles. The molecule has 0 spiro atoms. The number of ether oxygens (including phenoxy) is 1. The third kappa shape index (κ3) is 4.37. The van der Waals surface area contributed by atoms with Gasteiger partial charge in [-0.05, 0) is 6.92 Å². The van der Waals surface area contributed by atoms with Crippen molar-refractivity contribution in [2.45, 2.75) is 13.0 Å². The quantitative estimate of drug-likeness (QED) is 0.569. The number of piperazine rings is 1. The van der Waals surface area contributed by atoms with E-state index in [0.29, 0.717) is 6.04 Å². The van der Waals surface area contributed by atoms with Crippen LogP contribution in [0.25, 0.3) is 0 Å². The highest BCUT2D eigenvalue weighted by molar-refractivity contribution is 4.74. The Bertz CT molecular complexity index is 137. The molecule has 0 aromatic heterocycles. The second kappa shape index (κ2) is 7.17. The number of nitrogens with zero attached hydrogens (tertiary/aromatic N) is 1. The van der Waals surface area contributed by atoms with Crippen molar-refractivity contribution < 1.29 is 4.74 Å². The molecule has 4 heteroatoms. The summed E-state index contributed by atoms with van der Waals surface area (Å²) in [5, 5.41) is 6.76.